The second-order valence-electron chi connectivity index (χ2n) is 17.6. The first-order chi connectivity index (χ1) is 34.6. The van der Waals surface area contributed by atoms with Crippen molar-refractivity contribution in [3.05, 3.63) is 119 Å². The van der Waals surface area contributed by atoms with E-state index in [1.54, 1.807) is 0 Å². The van der Waals surface area contributed by atoms with Crippen molar-refractivity contribution in [2.75, 3.05) is 26.4 Å². The van der Waals surface area contributed by atoms with E-state index in [1.807, 2.05) is 0 Å². The quantitative estimate of drug-likeness (QED) is 0.0277. The number of hydrogen-bond acceptors (Lipinski definition) is 12. The van der Waals surface area contributed by atoms with E-state index < -0.39 is 67.8 Å². The molecule has 392 valence electrons. The standard InChI is InChI=1S/C58H82O13/c1-3-5-7-9-11-13-15-17-19-21-23-25-27-29-31-41-53(60)67-44-47(43-59)70-58(66)52-40-36-35-39-51(52)56(64)69-46-48(71-57(65)50-38-34-33-37-49(50)55(62)63)45-68-54(61)42-32-30-28-26-24-22-20-18-16-14-12-10-8-6-4-2/h11-14,17-20,33-40,47-48,59H,3-10,15-16,21-32,41-46H2,1-2H3,(H,62,63)/b13-11-,14-12-,19-17-,20-18-. The molecule has 13 heteroatoms. The van der Waals surface area contributed by atoms with Crippen LogP contribution in [-0.4, -0.2) is 84.7 Å². The van der Waals surface area contributed by atoms with Gasteiger partial charge in [-0.25, -0.2) is 19.2 Å². The minimum absolute atomic E-state index is 0.118. The van der Waals surface area contributed by atoms with Crippen LogP contribution in [0.5, 0.6) is 0 Å². The smallest absolute Gasteiger partial charge is 0.339 e. The van der Waals surface area contributed by atoms with Gasteiger partial charge in [0.05, 0.1) is 28.9 Å². The van der Waals surface area contributed by atoms with Gasteiger partial charge in [-0.2, -0.15) is 0 Å². The maximum Gasteiger partial charge on any atom is 0.339 e. The molecule has 2 aromatic rings. The number of benzene rings is 2. The summed E-state index contributed by atoms with van der Waals surface area (Å²) in [7, 11) is 0. The molecule has 2 rings (SSSR count). The lowest BCUT2D eigenvalue weighted by Crippen LogP contribution is -2.32. The summed E-state index contributed by atoms with van der Waals surface area (Å²) in [6.07, 6.45) is 38.3. The van der Waals surface area contributed by atoms with Gasteiger partial charge in [-0.15, -0.1) is 0 Å². The summed E-state index contributed by atoms with van der Waals surface area (Å²) in [5.41, 5.74) is -0.995. The first kappa shape index (κ1) is 61.3. The Hall–Kier alpha value is -5.82. The lowest BCUT2D eigenvalue weighted by Gasteiger charge is -2.19. The zero-order valence-electron chi connectivity index (χ0n) is 42.6. The van der Waals surface area contributed by atoms with Gasteiger partial charge in [-0.1, -0.05) is 151 Å². The van der Waals surface area contributed by atoms with Gasteiger partial charge in [0.1, 0.15) is 19.8 Å². The molecule has 0 aromatic heterocycles. The maximum absolute atomic E-state index is 13.4. The molecule has 0 amide bonds. The van der Waals surface area contributed by atoms with E-state index >= 15 is 0 Å². The number of aromatic carboxylic acids is 1. The summed E-state index contributed by atoms with van der Waals surface area (Å²) in [5.74, 6) is -5.43. The Bertz CT molecular complexity index is 1950. The average molecular weight is 987 g/mol. The number of carbonyl (C=O) groups excluding carboxylic acids is 5. The van der Waals surface area contributed by atoms with Gasteiger partial charge in [-0.3, -0.25) is 9.59 Å². The van der Waals surface area contributed by atoms with Crippen molar-refractivity contribution in [2.24, 2.45) is 0 Å². The van der Waals surface area contributed by atoms with Crippen LogP contribution in [0.4, 0.5) is 0 Å². The third kappa shape index (κ3) is 29.8. The number of allylic oxidation sites excluding steroid dienone is 8. The fourth-order valence-corrected chi connectivity index (χ4v) is 7.28. The minimum Gasteiger partial charge on any atom is -0.478 e. The van der Waals surface area contributed by atoms with Crippen LogP contribution in [0.3, 0.4) is 0 Å². The molecule has 0 aliphatic rings. The number of aliphatic hydroxyl groups excluding tert-OH is 1. The van der Waals surface area contributed by atoms with Crippen molar-refractivity contribution in [2.45, 2.75) is 180 Å². The van der Waals surface area contributed by atoms with Crippen LogP contribution in [0.25, 0.3) is 0 Å². The van der Waals surface area contributed by atoms with Gasteiger partial charge >= 0.3 is 35.8 Å². The molecule has 0 saturated carbocycles. The molecule has 0 bridgehead atoms. The number of hydrogen-bond donors (Lipinski definition) is 2. The van der Waals surface area contributed by atoms with Crippen LogP contribution in [0.2, 0.25) is 0 Å². The highest BCUT2D eigenvalue weighted by Crippen LogP contribution is 2.17. The van der Waals surface area contributed by atoms with E-state index in [9.17, 15) is 39.0 Å². The Morgan fingerprint density at radius 1 is 0.437 bits per heavy atom. The summed E-state index contributed by atoms with van der Waals surface area (Å²) in [6.45, 7) is 2.25. The van der Waals surface area contributed by atoms with Crippen molar-refractivity contribution in [3.63, 3.8) is 0 Å². The summed E-state index contributed by atoms with van der Waals surface area (Å²) in [6, 6.07) is 11.0. The number of esters is 5. The zero-order valence-corrected chi connectivity index (χ0v) is 42.6. The average Bonchev–Trinajstić information content (AvgIpc) is 3.37. The third-order valence-electron chi connectivity index (χ3n) is 11.4. The van der Waals surface area contributed by atoms with Crippen LogP contribution in [0, 0.1) is 0 Å². The number of carboxylic acids is 1. The molecular formula is C58H82O13. The highest BCUT2D eigenvalue weighted by atomic mass is 16.6. The number of carbonyl (C=O) groups is 6. The molecule has 0 heterocycles. The summed E-state index contributed by atoms with van der Waals surface area (Å²) < 4.78 is 27.1. The minimum atomic E-state index is -1.36. The van der Waals surface area contributed by atoms with Crippen molar-refractivity contribution < 1.29 is 62.7 Å². The molecular weight excluding hydrogens is 905 g/mol. The second-order valence-corrected chi connectivity index (χ2v) is 17.6. The zero-order chi connectivity index (χ0) is 51.6. The van der Waals surface area contributed by atoms with Gasteiger partial charge in [0.15, 0.2) is 12.2 Å². The van der Waals surface area contributed by atoms with Crippen LogP contribution in [-0.2, 0) is 33.3 Å². The van der Waals surface area contributed by atoms with Crippen LogP contribution < -0.4 is 0 Å². The van der Waals surface area contributed by atoms with Crippen LogP contribution in [0.15, 0.2) is 97.1 Å². The highest BCUT2D eigenvalue weighted by molar-refractivity contribution is 6.03. The van der Waals surface area contributed by atoms with E-state index in [-0.39, 0.29) is 41.7 Å². The molecule has 2 unspecified atom stereocenters. The monoisotopic (exact) mass is 987 g/mol. The molecule has 71 heavy (non-hydrogen) atoms. The van der Waals surface area contributed by atoms with E-state index in [0.717, 1.165) is 89.9 Å². The second kappa shape index (κ2) is 40.9. The first-order valence-electron chi connectivity index (χ1n) is 26.1. The van der Waals surface area contributed by atoms with Crippen molar-refractivity contribution in [1.82, 2.24) is 0 Å². The topological polar surface area (TPSA) is 189 Å². The summed E-state index contributed by atoms with van der Waals surface area (Å²) >= 11 is 0. The lowest BCUT2D eigenvalue weighted by molar-refractivity contribution is -0.148. The molecule has 0 aliphatic heterocycles. The Labute approximate surface area is 423 Å². The van der Waals surface area contributed by atoms with Gasteiger partial charge in [0, 0.05) is 12.8 Å². The largest absolute Gasteiger partial charge is 0.478 e. The highest BCUT2D eigenvalue weighted by Gasteiger charge is 2.27. The van der Waals surface area contributed by atoms with E-state index in [2.05, 4.69) is 62.5 Å². The Kier molecular flexibility index (Phi) is 35.3. The molecule has 0 spiro atoms. The number of rotatable bonds is 41. The molecule has 0 fully saturated rings. The van der Waals surface area contributed by atoms with E-state index in [4.69, 9.17) is 23.7 Å². The molecule has 0 aliphatic carbocycles. The molecule has 0 saturated heterocycles. The molecule has 0 radical (unpaired) electrons. The van der Waals surface area contributed by atoms with Gasteiger partial charge in [0.25, 0.3) is 0 Å². The lowest BCUT2D eigenvalue weighted by atomic mass is 10.1. The normalized spacial score (nSPS) is 12.4. The number of aliphatic hydroxyl groups is 1. The summed E-state index contributed by atoms with van der Waals surface area (Å²) in [4.78, 5) is 77.0. The maximum atomic E-state index is 13.4. The summed E-state index contributed by atoms with van der Waals surface area (Å²) in [5, 5.41) is 19.6. The van der Waals surface area contributed by atoms with Gasteiger partial charge in [0.2, 0.25) is 0 Å². The number of unbranched alkanes of at least 4 members (excludes halogenated alkanes) is 16. The predicted octanol–water partition coefficient (Wildman–Crippen LogP) is 13.0. The van der Waals surface area contributed by atoms with Crippen LogP contribution >= 0.6 is 0 Å². The van der Waals surface area contributed by atoms with Gasteiger partial charge in [-0.05, 0) is 101 Å². The van der Waals surface area contributed by atoms with E-state index in [1.165, 1.54) is 87.1 Å². The molecule has 2 N–H and O–H groups in total. The van der Waals surface area contributed by atoms with Gasteiger partial charge < -0.3 is 33.9 Å². The molecule has 13 nitrogen and oxygen atoms in total. The number of ether oxygens (including phenoxy) is 5. The Morgan fingerprint density at radius 2 is 0.789 bits per heavy atom. The fourth-order valence-electron chi connectivity index (χ4n) is 7.28. The first-order valence-corrected chi connectivity index (χ1v) is 26.1. The number of carboxylic acid groups (broad SMARTS) is 1. The van der Waals surface area contributed by atoms with Crippen molar-refractivity contribution in [3.8, 4) is 0 Å². The third-order valence-corrected chi connectivity index (χ3v) is 11.4. The van der Waals surface area contributed by atoms with Crippen molar-refractivity contribution >= 4 is 35.8 Å². The van der Waals surface area contributed by atoms with E-state index in [0.29, 0.717) is 12.8 Å². The Morgan fingerprint density at radius 3 is 1.23 bits per heavy atom. The van der Waals surface area contributed by atoms with Crippen molar-refractivity contribution in [1.29, 1.82) is 0 Å². The SMILES string of the molecule is CCCCC/C=C\C/C=C\CCCCCCCC(=O)OCC(COC(=O)c1ccccc1C(=O)OC(CO)COC(=O)CCCCCCC/C=C\C/C=C\CCCCC)OC(=O)c1ccccc1C(=O)O. The molecule has 2 aromatic carbocycles. The van der Waals surface area contributed by atoms with Crippen LogP contribution in [0.1, 0.15) is 209 Å². The molecule has 2 atom stereocenters. The fraction of sp³-hybridized carbons (Fsp3) is 0.552. The Balaban J connectivity index is 1.85. The predicted molar refractivity (Wildman–Crippen MR) is 276 cm³/mol.